The molecule has 0 bridgehead atoms. The highest BCUT2D eigenvalue weighted by Crippen LogP contribution is 2.65. The Morgan fingerprint density at radius 2 is 1.54 bits per heavy atom. The highest BCUT2D eigenvalue weighted by Gasteiger charge is 2.74. The average molecular weight is 727 g/mol. The molecule has 1 amide bonds. The molecule has 4 aromatic carbocycles. The molecule has 3 heterocycles. The molecular formula is C44H42N2O8. The van der Waals surface area contributed by atoms with Gasteiger partial charge in [-0.3, -0.25) is 19.3 Å². The van der Waals surface area contributed by atoms with Gasteiger partial charge in [0, 0.05) is 11.3 Å². The molecule has 6 unspecified atom stereocenters. The molecule has 276 valence electrons. The summed E-state index contributed by atoms with van der Waals surface area (Å²) in [6.07, 6.45) is 4.11. The Labute approximate surface area is 313 Å². The number of aliphatic hydroxyl groups is 2. The number of benzene rings is 4. The minimum Gasteiger partial charge on any atom is -0.491 e. The number of morpholine rings is 1. The number of ether oxygens (including phenoxy) is 2. The van der Waals surface area contributed by atoms with Crippen LogP contribution in [0, 0.1) is 17.8 Å². The van der Waals surface area contributed by atoms with Crippen molar-refractivity contribution in [1.29, 1.82) is 0 Å². The van der Waals surface area contributed by atoms with E-state index in [1.807, 2.05) is 71.6 Å². The molecule has 8 rings (SSSR count). The quantitative estimate of drug-likeness (QED) is 0.105. The zero-order valence-corrected chi connectivity index (χ0v) is 29.7. The van der Waals surface area contributed by atoms with Gasteiger partial charge in [-0.25, -0.2) is 0 Å². The summed E-state index contributed by atoms with van der Waals surface area (Å²) < 4.78 is 12.1. The van der Waals surface area contributed by atoms with Crippen LogP contribution >= 0.6 is 0 Å². The zero-order chi connectivity index (χ0) is 37.5. The standard InChI is InChI=1S/C44H42N2O8/c47-24-25-53-32-17-11-16-31(27-32)39-44(33-26-28(18-19-34(33)45-42(44)51)20-23-43(52)21-9-1-2-10-22-43)35(40(48)49)37-41(50)54-38(30-14-7-4-8-15-30)36(46(37)39)29-12-5-3-6-13-29/h3-8,11-19,26-27,35-39,47,52H,1-2,9-10,21-22,24-25H2,(H,45,51)(H,48,49). The van der Waals surface area contributed by atoms with Gasteiger partial charge in [-0.2, -0.15) is 0 Å². The number of carbonyl (C=O) groups excluding carboxylic acids is 2. The van der Waals surface area contributed by atoms with Crippen LogP contribution in [0.15, 0.2) is 103 Å². The Morgan fingerprint density at radius 3 is 2.22 bits per heavy atom. The van der Waals surface area contributed by atoms with E-state index in [4.69, 9.17) is 9.47 Å². The number of cyclic esters (lactones) is 1. The van der Waals surface area contributed by atoms with Gasteiger partial charge in [-0.1, -0.05) is 97.5 Å². The Balaban J connectivity index is 1.38. The molecule has 4 N–H and O–H groups in total. The van der Waals surface area contributed by atoms with E-state index in [-0.39, 0.29) is 13.2 Å². The Morgan fingerprint density at radius 1 is 0.852 bits per heavy atom. The van der Waals surface area contributed by atoms with Gasteiger partial charge in [0.1, 0.15) is 41.4 Å². The number of nitrogens with one attached hydrogen (secondary N) is 1. The van der Waals surface area contributed by atoms with E-state index in [1.165, 1.54) is 0 Å². The van der Waals surface area contributed by atoms with Crippen molar-refractivity contribution in [3.05, 3.63) is 131 Å². The molecule has 3 aliphatic heterocycles. The second-order valence-electron chi connectivity index (χ2n) is 14.7. The van der Waals surface area contributed by atoms with Crippen molar-refractivity contribution in [3.8, 4) is 17.6 Å². The smallest absolute Gasteiger partial charge is 0.325 e. The van der Waals surface area contributed by atoms with E-state index in [9.17, 15) is 29.7 Å². The maximum absolute atomic E-state index is 15.0. The molecule has 1 aliphatic carbocycles. The van der Waals surface area contributed by atoms with Crippen LogP contribution in [0.25, 0.3) is 0 Å². The zero-order valence-electron chi connectivity index (χ0n) is 29.7. The largest absolute Gasteiger partial charge is 0.491 e. The number of nitrogens with zero attached hydrogens (tertiary/aromatic N) is 1. The summed E-state index contributed by atoms with van der Waals surface area (Å²) in [6, 6.07) is 28.0. The molecule has 0 aromatic heterocycles. The minimum atomic E-state index is -1.85. The van der Waals surface area contributed by atoms with Crippen molar-refractivity contribution < 1.29 is 39.2 Å². The van der Waals surface area contributed by atoms with E-state index < -0.39 is 59.0 Å². The van der Waals surface area contributed by atoms with Crippen molar-refractivity contribution in [2.45, 2.75) is 73.8 Å². The number of carboxylic acid groups (broad SMARTS) is 1. The number of carbonyl (C=O) groups is 3. The fraction of sp³-hybridized carbons (Fsp3) is 0.341. The van der Waals surface area contributed by atoms with Gasteiger partial charge in [0.05, 0.1) is 18.7 Å². The summed E-state index contributed by atoms with van der Waals surface area (Å²) in [5.74, 6) is 2.47. The Kier molecular flexibility index (Phi) is 9.48. The first-order valence-electron chi connectivity index (χ1n) is 18.6. The number of esters is 1. The topological polar surface area (TPSA) is 146 Å². The predicted octanol–water partition coefficient (Wildman–Crippen LogP) is 5.85. The summed E-state index contributed by atoms with van der Waals surface area (Å²) in [5, 5.41) is 35.2. The first-order valence-corrected chi connectivity index (χ1v) is 18.6. The van der Waals surface area contributed by atoms with Crippen LogP contribution in [0.3, 0.4) is 0 Å². The van der Waals surface area contributed by atoms with Crippen LogP contribution in [0.5, 0.6) is 5.75 Å². The second kappa shape index (κ2) is 14.4. The number of amides is 1. The van der Waals surface area contributed by atoms with Gasteiger partial charge in [0.25, 0.3) is 0 Å². The molecule has 4 aromatic rings. The molecule has 10 nitrogen and oxygen atoms in total. The molecular weight excluding hydrogens is 684 g/mol. The van der Waals surface area contributed by atoms with E-state index in [0.29, 0.717) is 41.0 Å². The summed E-state index contributed by atoms with van der Waals surface area (Å²) in [4.78, 5) is 45.3. The lowest BCUT2D eigenvalue weighted by molar-refractivity contribution is -0.179. The molecule has 6 atom stereocenters. The van der Waals surface area contributed by atoms with Crippen molar-refractivity contribution >= 4 is 23.5 Å². The van der Waals surface area contributed by atoms with E-state index in [0.717, 1.165) is 36.8 Å². The second-order valence-corrected chi connectivity index (χ2v) is 14.7. The molecule has 1 saturated carbocycles. The van der Waals surface area contributed by atoms with Crippen molar-refractivity contribution in [2.24, 2.45) is 5.92 Å². The average Bonchev–Trinajstić information content (AvgIpc) is 3.56. The lowest BCUT2D eigenvalue weighted by atomic mass is 9.65. The minimum absolute atomic E-state index is 0.0239. The third kappa shape index (κ3) is 6.02. The highest BCUT2D eigenvalue weighted by molar-refractivity contribution is 6.11. The molecule has 3 fully saturated rings. The molecule has 2 saturated heterocycles. The fourth-order valence-electron chi connectivity index (χ4n) is 9.22. The van der Waals surface area contributed by atoms with Crippen LogP contribution in [0.4, 0.5) is 5.69 Å². The van der Waals surface area contributed by atoms with Gasteiger partial charge in [-0.05, 0) is 78.3 Å². The number of hydrogen-bond donors (Lipinski definition) is 4. The van der Waals surface area contributed by atoms with Crippen LogP contribution < -0.4 is 10.1 Å². The molecule has 4 aliphatic rings. The van der Waals surface area contributed by atoms with Crippen LogP contribution in [-0.4, -0.2) is 62.9 Å². The number of carboxylic acids is 1. The van der Waals surface area contributed by atoms with E-state index in [1.54, 1.807) is 36.4 Å². The van der Waals surface area contributed by atoms with Gasteiger partial charge >= 0.3 is 11.9 Å². The summed E-state index contributed by atoms with van der Waals surface area (Å²) in [6.45, 7) is -0.196. The van der Waals surface area contributed by atoms with E-state index in [2.05, 4.69) is 17.2 Å². The summed E-state index contributed by atoms with van der Waals surface area (Å²) >= 11 is 0. The highest BCUT2D eigenvalue weighted by atomic mass is 16.6. The van der Waals surface area contributed by atoms with Crippen molar-refractivity contribution in [3.63, 3.8) is 0 Å². The number of rotatable bonds is 7. The van der Waals surface area contributed by atoms with Crippen LogP contribution in [-0.2, 0) is 24.5 Å². The number of anilines is 1. The molecule has 0 radical (unpaired) electrons. The van der Waals surface area contributed by atoms with Crippen molar-refractivity contribution in [2.75, 3.05) is 18.5 Å². The van der Waals surface area contributed by atoms with E-state index >= 15 is 0 Å². The maximum atomic E-state index is 15.0. The Hall–Kier alpha value is -5.47. The SMILES string of the molecule is O=C1OC(c2ccccc2)C(c2ccccc2)N2C1C(C(=O)O)C1(C(=O)Nc3ccc(C#CC4(O)CCCCCC4)cc31)C2c1cccc(OCCO)c1. The molecule has 54 heavy (non-hydrogen) atoms. The molecule has 10 heteroatoms. The van der Waals surface area contributed by atoms with Gasteiger partial charge in [0.2, 0.25) is 5.91 Å². The summed E-state index contributed by atoms with van der Waals surface area (Å²) in [5.41, 5.74) is 0.384. The van der Waals surface area contributed by atoms with Gasteiger partial charge < -0.3 is 30.1 Å². The molecule has 1 spiro atoms. The van der Waals surface area contributed by atoms with Gasteiger partial charge in [0.15, 0.2) is 0 Å². The van der Waals surface area contributed by atoms with Crippen molar-refractivity contribution in [1.82, 2.24) is 4.90 Å². The lowest BCUT2D eigenvalue weighted by Crippen LogP contribution is -2.52. The number of aliphatic hydroxyl groups excluding tert-OH is 1. The van der Waals surface area contributed by atoms with Crippen LogP contribution in [0.2, 0.25) is 0 Å². The first kappa shape index (κ1) is 35.6. The normalized spacial score (nSPS) is 27.1. The number of aliphatic carboxylic acids is 1. The first-order chi connectivity index (χ1) is 26.2. The third-order valence-electron chi connectivity index (χ3n) is 11.5. The third-order valence-corrected chi connectivity index (χ3v) is 11.5. The van der Waals surface area contributed by atoms with Crippen LogP contribution in [0.1, 0.15) is 84.5 Å². The Bertz CT molecular complexity index is 2120. The van der Waals surface area contributed by atoms with Gasteiger partial charge in [-0.15, -0.1) is 0 Å². The number of fused-ring (bicyclic) bond motifs is 3. The predicted molar refractivity (Wildman–Crippen MR) is 199 cm³/mol. The maximum Gasteiger partial charge on any atom is 0.325 e. The lowest BCUT2D eigenvalue weighted by Gasteiger charge is -2.46. The monoisotopic (exact) mass is 726 g/mol. The fourth-order valence-corrected chi connectivity index (χ4v) is 9.22. The summed E-state index contributed by atoms with van der Waals surface area (Å²) in [7, 11) is 0. The number of hydrogen-bond acceptors (Lipinski definition) is 8.